The van der Waals surface area contributed by atoms with Gasteiger partial charge in [-0.2, -0.15) is 0 Å². The number of hydrogen-bond acceptors (Lipinski definition) is 4. The van der Waals surface area contributed by atoms with Crippen LogP contribution in [0.4, 0.5) is 5.69 Å². The van der Waals surface area contributed by atoms with Crippen LogP contribution in [0.3, 0.4) is 0 Å². The lowest BCUT2D eigenvalue weighted by Crippen LogP contribution is -2.29. The van der Waals surface area contributed by atoms with Gasteiger partial charge in [0.25, 0.3) is 0 Å². The first-order valence-corrected chi connectivity index (χ1v) is 13.5. The number of nitrogens with zero attached hydrogens (tertiary/aromatic N) is 2. The molecular formula is C32H26ClN3O2S. The van der Waals surface area contributed by atoms with Crippen LogP contribution in [0.1, 0.15) is 34.7 Å². The summed E-state index contributed by atoms with van der Waals surface area (Å²) in [6.45, 7) is 4.08. The number of nitrogens with one attached hydrogen (secondary N) is 1. The van der Waals surface area contributed by atoms with Gasteiger partial charge in [-0.15, -0.1) is 0 Å². The Morgan fingerprint density at radius 3 is 2.46 bits per heavy atom. The molecule has 0 spiro atoms. The number of furan rings is 1. The molecule has 1 N–H and O–H groups in total. The maximum Gasteiger partial charge on any atom is 0.174 e. The second kappa shape index (κ2) is 10.6. The standard InChI is InChI=1S/C32H26ClN3O2S/c1-20-10-11-22(33)19-25(20)28-16-17-29(38-28)31-30(26-8-5-6-18-34-26)35-32(39)36(31)23-12-14-24(15-13-23)37-27-9-4-3-7-21(27)2/h3-19,30-31H,1-2H3,(H,35,39)/t30-,31-/m0/s1. The Labute approximate surface area is 238 Å². The van der Waals surface area contributed by atoms with Crippen LogP contribution in [0.2, 0.25) is 5.02 Å². The van der Waals surface area contributed by atoms with Gasteiger partial charge in [0.15, 0.2) is 5.11 Å². The molecule has 1 fully saturated rings. The van der Waals surface area contributed by atoms with Crippen molar-refractivity contribution in [2.75, 3.05) is 4.90 Å². The minimum absolute atomic E-state index is 0.207. The van der Waals surface area contributed by atoms with Gasteiger partial charge in [-0.05, 0) is 104 Å². The number of hydrogen-bond donors (Lipinski definition) is 1. The van der Waals surface area contributed by atoms with Crippen LogP contribution in [-0.4, -0.2) is 10.1 Å². The average Bonchev–Trinajstić information content (AvgIpc) is 3.57. The third kappa shape index (κ3) is 5.01. The number of benzene rings is 3. The fourth-order valence-corrected chi connectivity index (χ4v) is 5.43. The van der Waals surface area contributed by atoms with Gasteiger partial charge in [0.05, 0.1) is 11.7 Å². The zero-order valence-corrected chi connectivity index (χ0v) is 23.0. The number of aromatic nitrogens is 1. The van der Waals surface area contributed by atoms with Crippen molar-refractivity contribution < 1.29 is 9.15 Å². The summed E-state index contributed by atoms with van der Waals surface area (Å²) in [5.74, 6) is 3.11. The van der Waals surface area contributed by atoms with Crippen molar-refractivity contribution in [1.29, 1.82) is 0 Å². The van der Waals surface area contributed by atoms with Gasteiger partial charge >= 0.3 is 0 Å². The molecule has 2 atom stereocenters. The molecule has 0 radical (unpaired) electrons. The van der Waals surface area contributed by atoms with Crippen molar-refractivity contribution >= 4 is 34.6 Å². The van der Waals surface area contributed by atoms with Crippen molar-refractivity contribution in [1.82, 2.24) is 10.3 Å². The van der Waals surface area contributed by atoms with Crippen LogP contribution in [0.25, 0.3) is 11.3 Å². The molecule has 5 nitrogen and oxygen atoms in total. The molecule has 1 aliphatic rings. The van der Waals surface area contributed by atoms with E-state index in [4.69, 9.17) is 33.0 Å². The zero-order valence-electron chi connectivity index (χ0n) is 21.5. The summed E-state index contributed by atoms with van der Waals surface area (Å²) < 4.78 is 12.6. The quantitative estimate of drug-likeness (QED) is 0.213. The number of thiocarbonyl (C=S) groups is 1. The highest BCUT2D eigenvalue weighted by atomic mass is 35.5. The second-order valence-corrected chi connectivity index (χ2v) is 10.3. The van der Waals surface area contributed by atoms with E-state index in [9.17, 15) is 0 Å². The number of ether oxygens (including phenoxy) is 1. The first-order valence-electron chi connectivity index (χ1n) is 12.7. The van der Waals surface area contributed by atoms with E-state index < -0.39 is 0 Å². The molecule has 3 aromatic carbocycles. The number of rotatable bonds is 6. The van der Waals surface area contributed by atoms with E-state index in [0.717, 1.165) is 51.1 Å². The van der Waals surface area contributed by atoms with E-state index in [2.05, 4.69) is 15.2 Å². The molecule has 0 unspecified atom stereocenters. The highest BCUT2D eigenvalue weighted by Crippen LogP contribution is 2.43. The van der Waals surface area contributed by atoms with Crippen LogP contribution >= 0.6 is 23.8 Å². The highest BCUT2D eigenvalue weighted by molar-refractivity contribution is 7.80. The van der Waals surface area contributed by atoms with Crippen LogP contribution in [-0.2, 0) is 0 Å². The van der Waals surface area contributed by atoms with E-state index in [1.807, 2.05) is 111 Å². The maximum absolute atomic E-state index is 6.50. The van der Waals surface area contributed by atoms with E-state index in [-0.39, 0.29) is 12.1 Å². The molecule has 1 saturated heterocycles. The number of para-hydroxylation sites is 1. The Morgan fingerprint density at radius 2 is 1.69 bits per heavy atom. The molecule has 1 aliphatic heterocycles. The Hall–Kier alpha value is -4.13. The van der Waals surface area contributed by atoms with Crippen molar-refractivity contribution in [3.8, 4) is 22.8 Å². The molecule has 5 aromatic rings. The van der Waals surface area contributed by atoms with Crippen LogP contribution in [0.5, 0.6) is 11.5 Å². The summed E-state index contributed by atoms with van der Waals surface area (Å²) in [6.07, 6.45) is 1.79. The van der Waals surface area contributed by atoms with Crippen molar-refractivity contribution in [2.24, 2.45) is 0 Å². The van der Waals surface area contributed by atoms with E-state index in [1.54, 1.807) is 6.20 Å². The van der Waals surface area contributed by atoms with Gasteiger partial charge in [0, 0.05) is 22.5 Å². The van der Waals surface area contributed by atoms with Crippen LogP contribution in [0, 0.1) is 13.8 Å². The summed E-state index contributed by atoms with van der Waals surface area (Å²) >= 11 is 12.2. The summed E-state index contributed by atoms with van der Waals surface area (Å²) in [5.41, 5.74) is 4.92. The smallest absolute Gasteiger partial charge is 0.174 e. The molecule has 0 amide bonds. The molecular weight excluding hydrogens is 526 g/mol. The van der Waals surface area contributed by atoms with Crippen LogP contribution < -0.4 is 15.0 Å². The molecule has 7 heteroatoms. The molecule has 39 heavy (non-hydrogen) atoms. The summed E-state index contributed by atoms with van der Waals surface area (Å²) in [4.78, 5) is 6.71. The molecule has 3 heterocycles. The van der Waals surface area contributed by atoms with Gasteiger partial charge in [0.1, 0.15) is 29.1 Å². The molecule has 0 bridgehead atoms. The Bertz CT molecular complexity index is 1640. The SMILES string of the molecule is Cc1ccccc1Oc1ccc(N2C(=S)N[C@@H](c3ccccn3)[C@@H]2c2ccc(-c3cc(Cl)ccc3C)o2)cc1. The van der Waals surface area contributed by atoms with Gasteiger partial charge in [-0.1, -0.05) is 41.9 Å². The number of anilines is 1. The lowest BCUT2D eigenvalue weighted by molar-refractivity contribution is 0.439. The molecule has 0 aliphatic carbocycles. The van der Waals surface area contributed by atoms with Crippen molar-refractivity contribution in [3.05, 3.63) is 131 Å². The predicted octanol–water partition coefficient (Wildman–Crippen LogP) is 8.58. The van der Waals surface area contributed by atoms with Gasteiger partial charge in [-0.3, -0.25) is 4.98 Å². The van der Waals surface area contributed by atoms with Gasteiger partial charge in [0.2, 0.25) is 0 Å². The van der Waals surface area contributed by atoms with E-state index in [1.165, 1.54) is 0 Å². The van der Waals surface area contributed by atoms with Crippen LogP contribution in [0.15, 0.2) is 108 Å². The third-order valence-corrected chi connectivity index (χ3v) is 7.47. The minimum Gasteiger partial charge on any atom is -0.459 e. The fourth-order valence-electron chi connectivity index (χ4n) is 4.91. The molecule has 194 valence electrons. The Kier molecular flexibility index (Phi) is 6.81. The number of halogens is 1. The fraction of sp³-hybridized carbons (Fsp3) is 0.125. The topological polar surface area (TPSA) is 50.5 Å². The molecule has 6 rings (SSSR count). The zero-order chi connectivity index (χ0) is 26.9. The lowest BCUT2D eigenvalue weighted by Gasteiger charge is -2.26. The Morgan fingerprint density at radius 1 is 0.897 bits per heavy atom. The Balaban J connectivity index is 1.37. The number of aryl methyl sites for hydroxylation is 2. The highest BCUT2D eigenvalue weighted by Gasteiger charge is 2.42. The minimum atomic E-state index is -0.260. The monoisotopic (exact) mass is 551 g/mol. The summed E-state index contributed by atoms with van der Waals surface area (Å²) in [7, 11) is 0. The van der Waals surface area contributed by atoms with E-state index in [0.29, 0.717) is 10.1 Å². The third-order valence-electron chi connectivity index (χ3n) is 6.92. The first kappa shape index (κ1) is 25.2. The average molecular weight is 552 g/mol. The predicted molar refractivity (Wildman–Crippen MR) is 160 cm³/mol. The summed E-state index contributed by atoms with van der Waals surface area (Å²) in [5, 5.41) is 4.74. The normalized spacial score (nSPS) is 16.8. The maximum atomic E-state index is 6.50. The van der Waals surface area contributed by atoms with E-state index >= 15 is 0 Å². The molecule has 2 aromatic heterocycles. The van der Waals surface area contributed by atoms with Gasteiger partial charge in [-0.25, -0.2) is 0 Å². The molecule has 0 saturated carbocycles. The lowest BCUT2D eigenvalue weighted by atomic mass is 10.0. The van der Waals surface area contributed by atoms with Crippen molar-refractivity contribution in [3.63, 3.8) is 0 Å². The first-order chi connectivity index (χ1) is 19.0. The number of pyridine rings is 1. The second-order valence-electron chi connectivity index (χ2n) is 9.52. The van der Waals surface area contributed by atoms with Crippen molar-refractivity contribution in [2.45, 2.75) is 25.9 Å². The largest absolute Gasteiger partial charge is 0.459 e. The van der Waals surface area contributed by atoms with Gasteiger partial charge < -0.3 is 19.4 Å². The summed E-state index contributed by atoms with van der Waals surface area (Å²) in [6, 6.07) is 31.1.